The first-order chi connectivity index (χ1) is 16.8. The van der Waals surface area contributed by atoms with Crippen molar-refractivity contribution in [3.05, 3.63) is 77.0 Å². The molecule has 0 aromatic heterocycles. The Hall–Kier alpha value is -3.60. The van der Waals surface area contributed by atoms with Crippen LogP contribution >= 0.6 is 0 Å². The summed E-state index contributed by atoms with van der Waals surface area (Å²) in [5, 5.41) is 5.87. The lowest BCUT2D eigenvalue weighted by Gasteiger charge is -2.40. The van der Waals surface area contributed by atoms with E-state index < -0.39 is 0 Å². The highest BCUT2D eigenvalue weighted by Crippen LogP contribution is 2.51. The van der Waals surface area contributed by atoms with Crippen molar-refractivity contribution in [1.82, 2.24) is 0 Å². The van der Waals surface area contributed by atoms with Crippen LogP contribution in [0.5, 0.6) is 11.5 Å². The van der Waals surface area contributed by atoms with Crippen LogP contribution in [0.25, 0.3) is 10.8 Å². The van der Waals surface area contributed by atoms with Gasteiger partial charge in [-0.05, 0) is 58.9 Å². The fourth-order valence-electron chi connectivity index (χ4n) is 5.39. The van der Waals surface area contributed by atoms with Crippen molar-refractivity contribution < 1.29 is 19.1 Å². The molecular formula is C30H31NO4. The number of esters is 1. The highest BCUT2D eigenvalue weighted by Gasteiger charge is 2.41. The van der Waals surface area contributed by atoms with Crippen LogP contribution in [0.4, 0.5) is 5.69 Å². The Labute approximate surface area is 206 Å². The molecule has 1 aliphatic heterocycles. The number of allylic oxidation sites excluding steroid dienone is 2. The molecule has 180 valence electrons. The minimum Gasteiger partial charge on any atom is -0.490 e. The number of ether oxygens (including phenoxy) is 2. The Balaban J connectivity index is 1.74. The lowest BCUT2D eigenvalue weighted by molar-refractivity contribution is -0.134. The molecule has 1 unspecified atom stereocenters. The molecule has 0 saturated heterocycles. The van der Waals surface area contributed by atoms with Crippen molar-refractivity contribution in [1.29, 1.82) is 0 Å². The van der Waals surface area contributed by atoms with E-state index in [1.54, 1.807) is 13.0 Å². The number of benzene rings is 3. The molecule has 1 aliphatic carbocycles. The van der Waals surface area contributed by atoms with Gasteiger partial charge in [0, 0.05) is 35.7 Å². The van der Waals surface area contributed by atoms with Crippen LogP contribution in [-0.4, -0.2) is 18.4 Å². The van der Waals surface area contributed by atoms with Crippen molar-refractivity contribution in [3.63, 3.8) is 0 Å². The van der Waals surface area contributed by atoms with Crippen LogP contribution in [0.1, 0.15) is 64.0 Å². The number of nitrogens with one attached hydrogen (secondary N) is 1. The number of rotatable bonds is 5. The zero-order valence-electron chi connectivity index (χ0n) is 20.7. The molecule has 0 saturated carbocycles. The first-order valence-electron chi connectivity index (χ1n) is 12.3. The van der Waals surface area contributed by atoms with Crippen LogP contribution in [0.2, 0.25) is 0 Å². The lowest BCUT2D eigenvalue weighted by Crippen LogP contribution is -2.33. The maximum absolute atomic E-state index is 13.6. The van der Waals surface area contributed by atoms with Crippen molar-refractivity contribution in [2.45, 2.75) is 52.9 Å². The van der Waals surface area contributed by atoms with Gasteiger partial charge in [-0.2, -0.15) is 0 Å². The molecule has 0 amide bonds. The molecule has 1 N–H and O–H groups in total. The van der Waals surface area contributed by atoms with Gasteiger partial charge in [0.05, 0.1) is 6.61 Å². The van der Waals surface area contributed by atoms with Gasteiger partial charge in [-0.3, -0.25) is 9.59 Å². The van der Waals surface area contributed by atoms with Crippen LogP contribution in [0.15, 0.2) is 65.9 Å². The summed E-state index contributed by atoms with van der Waals surface area (Å²) in [6, 6.07) is 18.2. The number of ketones is 1. The summed E-state index contributed by atoms with van der Waals surface area (Å²) < 4.78 is 11.4. The summed E-state index contributed by atoms with van der Waals surface area (Å²) in [7, 11) is 0. The highest BCUT2D eigenvalue weighted by atomic mass is 16.6. The van der Waals surface area contributed by atoms with Gasteiger partial charge in [0.15, 0.2) is 17.3 Å². The van der Waals surface area contributed by atoms with E-state index in [9.17, 15) is 9.59 Å². The Morgan fingerprint density at radius 3 is 2.60 bits per heavy atom. The third-order valence-electron chi connectivity index (χ3n) is 6.87. The molecule has 0 radical (unpaired) electrons. The summed E-state index contributed by atoms with van der Waals surface area (Å²) in [5.41, 5.74) is 4.79. The zero-order valence-corrected chi connectivity index (χ0v) is 20.7. The Bertz CT molecular complexity index is 1370. The van der Waals surface area contributed by atoms with Gasteiger partial charge >= 0.3 is 5.97 Å². The van der Waals surface area contributed by atoms with E-state index in [4.69, 9.17) is 9.47 Å². The van der Waals surface area contributed by atoms with Crippen LogP contribution in [-0.2, 0) is 9.59 Å². The number of fused-ring (bicyclic) bond motifs is 3. The minimum absolute atomic E-state index is 0.101. The molecule has 5 heteroatoms. The van der Waals surface area contributed by atoms with Crippen LogP contribution in [0, 0.1) is 5.41 Å². The molecule has 3 aromatic rings. The Morgan fingerprint density at radius 2 is 1.83 bits per heavy atom. The molecule has 0 bridgehead atoms. The third kappa shape index (κ3) is 4.20. The molecule has 0 fully saturated rings. The summed E-state index contributed by atoms with van der Waals surface area (Å²) in [4.78, 5) is 25.6. The standard InChI is InChI=1S/C30H31NO4/c1-5-26(33)35-24-14-12-19(15-25(24)34-6-2)27-28-20-10-8-7-9-18(20)11-13-21(28)31-22-16-30(3,4)17-23(32)29(22)27/h7-15,27,31H,5-6,16-17H2,1-4H3. The van der Waals surface area contributed by atoms with Crippen LogP contribution in [0.3, 0.4) is 0 Å². The topological polar surface area (TPSA) is 64.6 Å². The fraction of sp³-hybridized carbons (Fsp3) is 0.333. The average Bonchev–Trinajstić information content (AvgIpc) is 2.83. The molecule has 5 nitrogen and oxygen atoms in total. The maximum atomic E-state index is 13.6. The number of hydrogen-bond acceptors (Lipinski definition) is 5. The predicted molar refractivity (Wildman–Crippen MR) is 138 cm³/mol. The monoisotopic (exact) mass is 469 g/mol. The lowest BCUT2D eigenvalue weighted by atomic mass is 9.68. The molecule has 1 atom stereocenters. The molecule has 35 heavy (non-hydrogen) atoms. The summed E-state index contributed by atoms with van der Waals surface area (Å²) >= 11 is 0. The molecule has 2 aliphatic rings. The molecule has 5 rings (SSSR count). The predicted octanol–water partition coefficient (Wildman–Crippen LogP) is 6.75. The summed E-state index contributed by atoms with van der Waals surface area (Å²) in [6.07, 6.45) is 1.59. The van der Waals surface area contributed by atoms with E-state index in [0.717, 1.165) is 45.3 Å². The van der Waals surface area contributed by atoms with Crippen molar-refractivity contribution in [2.24, 2.45) is 5.41 Å². The fourth-order valence-corrected chi connectivity index (χ4v) is 5.39. The minimum atomic E-state index is -0.313. The maximum Gasteiger partial charge on any atom is 0.311 e. The van der Waals surface area contributed by atoms with Gasteiger partial charge < -0.3 is 14.8 Å². The first kappa shape index (κ1) is 23.2. The van der Waals surface area contributed by atoms with E-state index in [2.05, 4.69) is 43.4 Å². The van der Waals surface area contributed by atoms with E-state index in [0.29, 0.717) is 24.5 Å². The summed E-state index contributed by atoms with van der Waals surface area (Å²) in [6.45, 7) is 8.39. The van der Waals surface area contributed by atoms with Crippen molar-refractivity contribution in [3.8, 4) is 11.5 Å². The number of carbonyl (C=O) groups excluding carboxylic acids is 2. The number of Topliss-reactive ketones (excluding diaryl/α,β-unsaturated/α-hetero) is 1. The molecular weight excluding hydrogens is 438 g/mol. The smallest absolute Gasteiger partial charge is 0.311 e. The molecule has 1 heterocycles. The van der Waals surface area contributed by atoms with Gasteiger partial charge in [0.1, 0.15) is 0 Å². The normalized spacial score (nSPS) is 18.5. The average molecular weight is 470 g/mol. The third-order valence-corrected chi connectivity index (χ3v) is 6.87. The van der Waals surface area contributed by atoms with Gasteiger partial charge in [-0.15, -0.1) is 0 Å². The first-order valence-corrected chi connectivity index (χ1v) is 12.3. The quantitative estimate of drug-likeness (QED) is 0.331. The second-order valence-corrected chi connectivity index (χ2v) is 10.1. The van der Waals surface area contributed by atoms with E-state index >= 15 is 0 Å². The van der Waals surface area contributed by atoms with Gasteiger partial charge in [0.25, 0.3) is 0 Å². The second kappa shape index (κ2) is 8.88. The second-order valence-electron chi connectivity index (χ2n) is 10.1. The largest absolute Gasteiger partial charge is 0.490 e. The molecule has 3 aromatic carbocycles. The van der Waals surface area contributed by atoms with Crippen molar-refractivity contribution >= 4 is 28.2 Å². The Kier molecular flexibility index (Phi) is 5.87. The summed E-state index contributed by atoms with van der Waals surface area (Å²) in [5.74, 6) is 0.530. The van der Waals surface area contributed by atoms with E-state index in [1.165, 1.54) is 0 Å². The van der Waals surface area contributed by atoms with Crippen molar-refractivity contribution in [2.75, 3.05) is 11.9 Å². The number of hydrogen-bond donors (Lipinski definition) is 1. The van der Waals surface area contributed by atoms with E-state index in [1.807, 2.05) is 31.2 Å². The van der Waals surface area contributed by atoms with Gasteiger partial charge in [0.2, 0.25) is 0 Å². The zero-order chi connectivity index (χ0) is 24.7. The van der Waals surface area contributed by atoms with Gasteiger partial charge in [-0.1, -0.05) is 57.2 Å². The number of anilines is 1. The number of carbonyl (C=O) groups is 2. The van der Waals surface area contributed by atoms with Gasteiger partial charge in [-0.25, -0.2) is 0 Å². The Morgan fingerprint density at radius 1 is 1.03 bits per heavy atom. The van der Waals surface area contributed by atoms with Crippen LogP contribution < -0.4 is 14.8 Å². The SMILES string of the molecule is CCOc1cc(C2C3=C(CC(C)(C)CC3=O)Nc3ccc4ccccc4c32)ccc1OC(=O)CC. The molecule has 0 spiro atoms. The van der Waals surface area contributed by atoms with E-state index in [-0.39, 0.29) is 29.5 Å². The highest BCUT2D eigenvalue weighted by molar-refractivity contribution is 6.04.